The summed E-state index contributed by atoms with van der Waals surface area (Å²) in [6.07, 6.45) is 1.62. The van der Waals surface area contributed by atoms with E-state index in [0.717, 1.165) is 20.7 Å². The number of hydrogen-bond donors (Lipinski definition) is 3. The Morgan fingerprint density at radius 3 is 2.27 bits per heavy atom. The lowest BCUT2D eigenvalue weighted by atomic mass is 10.1. The van der Waals surface area contributed by atoms with Gasteiger partial charge in [-0.05, 0) is 85.3 Å². The molecule has 3 amide bonds. The van der Waals surface area contributed by atoms with Crippen molar-refractivity contribution in [2.45, 2.75) is 11.8 Å². The molecule has 0 aromatic heterocycles. The molecule has 4 rings (SSSR count). The molecule has 0 saturated heterocycles. The van der Waals surface area contributed by atoms with E-state index in [1.165, 1.54) is 11.8 Å². The van der Waals surface area contributed by atoms with Gasteiger partial charge in [0, 0.05) is 26.3 Å². The minimum absolute atomic E-state index is 0.0916. The lowest BCUT2D eigenvalue weighted by Gasteiger charge is -2.12. The first kappa shape index (κ1) is 29.6. The smallest absolute Gasteiger partial charge is 0.272 e. The summed E-state index contributed by atoms with van der Waals surface area (Å²) in [5.41, 5.74) is 2.48. The van der Waals surface area contributed by atoms with Crippen LogP contribution in [0.4, 0.5) is 11.4 Å². The van der Waals surface area contributed by atoms with Crippen molar-refractivity contribution in [1.29, 1.82) is 0 Å². The Balaban J connectivity index is 1.41. The van der Waals surface area contributed by atoms with Crippen LogP contribution >= 0.6 is 27.7 Å². The summed E-state index contributed by atoms with van der Waals surface area (Å²) < 4.78 is 6.32. The Morgan fingerprint density at radius 1 is 0.829 bits per heavy atom. The second-order valence-corrected chi connectivity index (χ2v) is 10.7. The largest absolute Gasteiger partial charge is 0.494 e. The van der Waals surface area contributed by atoms with Gasteiger partial charge in [-0.15, -0.1) is 11.8 Å². The SMILES string of the molecule is CCOc1ccc(NC(=O)CSc2cccc(NC(=O)/C(=C/c3ccc(Br)cc3)NC(=O)c3ccccc3)c2)cc1. The number of thioether (sulfide) groups is 1. The molecular formula is C32H28BrN3O4S. The molecule has 0 unspecified atom stereocenters. The molecular weight excluding hydrogens is 602 g/mol. The van der Waals surface area contributed by atoms with Crippen molar-refractivity contribution < 1.29 is 19.1 Å². The molecule has 0 atom stereocenters. The minimum Gasteiger partial charge on any atom is -0.494 e. The molecule has 4 aromatic carbocycles. The van der Waals surface area contributed by atoms with Crippen LogP contribution < -0.4 is 20.7 Å². The molecule has 3 N–H and O–H groups in total. The van der Waals surface area contributed by atoms with Crippen molar-refractivity contribution in [2.75, 3.05) is 23.0 Å². The fraction of sp³-hybridized carbons (Fsp3) is 0.0938. The van der Waals surface area contributed by atoms with Crippen LogP contribution in [0.5, 0.6) is 5.75 Å². The lowest BCUT2D eigenvalue weighted by molar-refractivity contribution is -0.114. The molecule has 0 radical (unpaired) electrons. The number of ether oxygens (including phenoxy) is 1. The fourth-order valence-electron chi connectivity index (χ4n) is 3.68. The van der Waals surface area contributed by atoms with Crippen LogP contribution in [0, 0.1) is 0 Å². The Hall–Kier alpha value is -4.34. The van der Waals surface area contributed by atoms with Crippen LogP contribution in [0.1, 0.15) is 22.8 Å². The second kappa shape index (κ2) is 14.9. The van der Waals surface area contributed by atoms with Gasteiger partial charge in [0.1, 0.15) is 11.4 Å². The first-order chi connectivity index (χ1) is 19.9. The van der Waals surface area contributed by atoms with Crippen molar-refractivity contribution in [3.05, 3.63) is 124 Å². The molecule has 0 spiro atoms. The van der Waals surface area contributed by atoms with Crippen molar-refractivity contribution in [3.8, 4) is 5.75 Å². The van der Waals surface area contributed by atoms with Crippen molar-refractivity contribution in [2.24, 2.45) is 0 Å². The zero-order valence-corrected chi connectivity index (χ0v) is 24.6. The molecule has 41 heavy (non-hydrogen) atoms. The molecule has 0 aliphatic heterocycles. The molecule has 0 aliphatic carbocycles. The van der Waals surface area contributed by atoms with Crippen LogP contribution in [0.25, 0.3) is 6.08 Å². The Kier molecular flexibility index (Phi) is 10.8. The van der Waals surface area contributed by atoms with Gasteiger partial charge >= 0.3 is 0 Å². The summed E-state index contributed by atoms with van der Waals surface area (Å²) in [5.74, 6) is -0.100. The van der Waals surface area contributed by atoms with Gasteiger partial charge in [-0.25, -0.2) is 0 Å². The third-order valence-corrected chi connectivity index (χ3v) is 7.14. The Bertz CT molecular complexity index is 1530. The highest BCUT2D eigenvalue weighted by molar-refractivity contribution is 9.10. The molecule has 0 bridgehead atoms. The maximum absolute atomic E-state index is 13.3. The van der Waals surface area contributed by atoms with Crippen LogP contribution in [0.3, 0.4) is 0 Å². The summed E-state index contributed by atoms with van der Waals surface area (Å²) in [5, 5.41) is 8.46. The first-order valence-corrected chi connectivity index (χ1v) is 14.6. The van der Waals surface area contributed by atoms with E-state index in [2.05, 4.69) is 31.9 Å². The molecule has 0 fully saturated rings. The van der Waals surface area contributed by atoms with E-state index in [-0.39, 0.29) is 17.4 Å². The maximum atomic E-state index is 13.3. The van der Waals surface area contributed by atoms with Crippen molar-refractivity contribution >= 4 is 62.9 Å². The third-order valence-electron chi connectivity index (χ3n) is 5.62. The Morgan fingerprint density at radius 2 is 1.56 bits per heavy atom. The zero-order chi connectivity index (χ0) is 29.0. The highest BCUT2D eigenvalue weighted by Crippen LogP contribution is 2.23. The predicted octanol–water partition coefficient (Wildman–Crippen LogP) is 6.99. The van der Waals surface area contributed by atoms with E-state index < -0.39 is 11.8 Å². The van der Waals surface area contributed by atoms with E-state index in [0.29, 0.717) is 23.5 Å². The number of nitrogens with one attached hydrogen (secondary N) is 3. The number of carbonyl (C=O) groups is 3. The molecule has 208 valence electrons. The van der Waals surface area contributed by atoms with E-state index >= 15 is 0 Å². The molecule has 0 aliphatic rings. The van der Waals surface area contributed by atoms with E-state index in [1.807, 2.05) is 43.3 Å². The molecule has 7 nitrogen and oxygen atoms in total. The zero-order valence-electron chi connectivity index (χ0n) is 22.2. The van der Waals surface area contributed by atoms with Crippen LogP contribution in [-0.4, -0.2) is 30.1 Å². The molecule has 0 saturated carbocycles. The normalized spacial score (nSPS) is 10.9. The van der Waals surface area contributed by atoms with Gasteiger partial charge in [0.25, 0.3) is 11.8 Å². The number of halogens is 1. The number of anilines is 2. The number of amides is 3. The number of benzene rings is 4. The van der Waals surface area contributed by atoms with Gasteiger partial charge in [0.2, 0.25) is 5.91 Å². The maximum Gasteiger partial charge on any atom is 0.272 e. The summed E-state index contributed by atoms with van der Waals surface area (Å²) >= 11 is 4.75. The summed E-state index contributed by atoms with van der Waals surface area (Å²) in [6, 6.07) is 30.4. The second-order valence-electron chi connectivity index (χ2n) is 8.71. The quantitative estimate of drug-likeness (QED) is 0.123. The minimum atomic E-state index is -0.479. The summed E-state index contributed by atoms with van der Waals surface area (Å²) in [4.78, 5) is 39.4. The van der Waals surface area contributed by atoms with Crippen LogP contribution in [0.15, 0.2) is 118 Å². The molecule has 0 heterocycles. The standard InChI is InChI=1S/C32H28BrN3O4S/c1-2-40-27-17-15-25(16-18-27)34-30(37)21-41-28-10-6-9-26(20-28)35-32(39)29(19-22-11-13-24(33)14-12-22)36-31(38)23-7-4-3-5-8-23/h3-20H,2,21H2,1H3,(H,34,37)(H,35,39)(H,36,38)/b29-19-. The topological polar surface area (TPSA) is 96.5 Å². The van der Waals surface area contributed by atoms with Crippen molar-refractivity contribution in [1.82, 2.24) is 5.32 Å². The molecule has 9 heteroatoms. The fourth-order valence-corrected chi connectivity index (χ4v) is 4.70. The van der Waals surface area contributed by atoms with E-state index in [9.17, 15) is 14.4 Å². The first-order valence-electron chi connectivity index (χ1n) is 12.8. The average Bonchev–Trinajstić information content (AvgIpc) is 2.98. The number of hydrogen-bond acceptors (Lipinski definition) is 5. The highest BCUT2D eigenvalue weighted by Gasteiger charge is 2.15. The average molecular weight is 631 g/mol. The van der Waals surface area contributed by atoms with Gasteiger partial charge in [0.05, 0.1) is 12.4 Å². The van der Waals surface area contributed by atoms with E-state index in [4.69, 9.17) is 4.74 Å². The van der Waals surface area contributed by atoms with Crippen molar-refractivity contribution in [3.63, 3.8) is 0 Å². The predicted molar refractivity (Wildman–Crippen MR) is 168 cm³/mol. The monoisotopic (exact) mass is 629 g/mol. The Labute approximate surface area is 251 Å². The van der Waals surface area contributed by atoms with Gasteiger partial charge in [-0.3, -0.25) is 14.4 Å². The van der Waals surface area contributed by atoms with Gasteiger partial charge in [-0.1, -0.05) is 52.3 Å². The lowest BCUT2D eigenvalue weighted by Crippen LogP contribution is -2.30. The van der Waals surface area contributed by atoms with E-state index in [1.54, 1.807) is 72.8 Å². The highest BCUT2D eigenvalue weighted by atomic mass is 79.9. The van der Waals surface area contributed by atoms with Gasteiger partial charge < -0.3 is 20.7 Å². The van der Waals surface area contributed by atoms with Gasteiger partial charge in [0.15, 0.2) is 0 Å². The van der Waals surface area contributed by atoms with Gasteiger partial charge in [-0.2, -0.15) is 0 Å². The number of carbonyl (C=O) groups excluding carboxylic acids is 3. The summed E-state index contributed by atoms with van der Waals surface area (Å²) in [7, 11) is 0. The molecule has 4 aromatic rings. The van der Waals surface area contributed by atoms with Crippen LogP contribution in [-0.2, 0) is 9.59 Å². The van der Waals surface area contributed by atoms with Crippen LogP contribution in [0.2, 0.25) is 0 Å². The number of rotatable bonds is 11. The third kappa shape index (κ3) is 9.37. The summed E-state index contributed by atoms with van der Waals surface area (Å²) in [6.45, 7) is 2.49.